The van der Waals surface area contributed by atoms with Crippen molar-refractivity contribution in [2.24, 2.45) is 5.92 Å². The molecular formula is C12H12ClNO3. The van der Waals surface area contributed by atoms with E-state index in [2.05, 4.69) is 0 Å². The molecule has 3 rings (SSSR count). The summed E-state index contributed by atoms with van der Waals surface area (Å²) in [5, 5.41) is 1.84. The van der Waals surface area contributed by atoms with Crippen molar-refractivity contribution < 1.29 is 14.4 Å². The molecule has 90 valence electrons. The van der Waals surface area contributed by atoms with E-state index in [-0.39, 0.29) is 18.1 Å². The van der Waals surface area contributed by atoms with Crippen molar-refractivity contribution in [3.05, 3.63) is 28.8 Å². The Balaban J connectivity index is 2.04. The Morgan fingerprint density at radius 2 is 2.29 bits per heavy atom. The van der Waals surface area contributed by atoms with Crippen LogP contribution in [0.15, 0.2) is 18.2 Å². The number of hydrogen-bond donors (Lipinski definition) is 0. The summed E-state index contributed by atoms with van der Waals surface area (Å²) in [6.45, 7) is 2.59. The van der Waals surface area contributed by atoms with E-state index < -0.39 is 0 Å². The highest BCUT2D eigenvalue weighted by molar-refractivity contribution is 6.31. The Kier molecular flexibility index (Phi) is 2.49. The molecule has 0 aromatic heterocycles. The second-order valence-corrected chi connectivity index (χ2v) is 4.82. The highest BCUT2D eigenvalue weighted by atomic mass is 35.5. The zero-order chi connectivity index (χ0) is 12.0. The molecule has 2 unspecified atom stereocenters. The predicted molar refractivity (Wildman–Crippen MR) is 61.8 cm³/mol. The van der Waals surface area contributed by atoms with Gasteiger partial charge in [-0.2, -0.15) is 5.06 Å². The molecule has 1 aromatic carbocycles. The number of benzene rings is 1. The summed E-state index contributed by atoms with van der Waals surface area (Å²) in [6, 6.07) is 5.06. The molecule has 2 atom stereocenters. The molecular weight excluding hydrogens is 242 g/mol. The quantitative estimate of drug-likeness (QED) is 0.713. The standard InChI is InChI=1S/C12H12ClNO3/c1-7-4-5-16-14-11(15)9-6-8(13)2-3-10(9)17-12(7)14/h2-3,6-7,12H,4-5H2,1H3. The van der Waals surface area contributed by atoms with E-state index in [0.717, 1.165) is 6.42 Å². The van der Waals surface area contributed by atoms with Gasteiger partial charge in [0.1, 0.15) is 5.75 Å². The SMILES string of the molecule is CC1CCON2C(=O)c3cc(Cl)ccc3OC12. The topological polar surface area (TPSA) is 38.8 Å². The zero-order valence-electron chi connectivity index (χ0n) is 9.35. The van der Waals surface area contributed by atoms with Gasteiger partial charge in [0.25, 0.3) is 5.91 Å². The Bertz CT molecular complexity index is 477. The number of halogens is 1. The third kappa shape index (κ3) is 1.68. The lowest BCUT2D eigenvalue weighted by Crippen LogP contribution is -2.53. The number of carbonyl (C=O) groups excluding carboxylic acids is 1. The fourth-order valence-corrected chi connectivity index (χ4v) is 2.32. The third-order valence-corrected chi connectivity index (χ3v) is 3.38. The van der Waals surface area contributed by atoms with E-state index in [4.69, 9.17) is 21.2 Å². The van der Waals surface area contributed by atoms with Gasteiger partial charge in [-0.3, -0.25) is 9.63 Å². The predicted octanol–water partition coefficient (Wildman–Crippen LogP) is 2.47. The Morgan fingerprint density at radius 1 is 1.47 bits per heavy atom. The average Bonchev–Trinajstić information content (AvgIpc) is 2.32. The molecule has 0 aliphatic carbocycles. The summed E-state index contributed by atoms with van der Waals surface area (Å²) in [5.41, 5.74) is 0.461. The van der Waals surface area contributed by atoms with E-state index in [1.54, 1.807) is 18.2 Å². The Morgan fingerprint density at radius 3 is 3.12 bits per heavy atom. The number of rotatable bonds is 0. The first-order valence-electron chi connectivity index (χ1n) is 5.59. The van der Waals surface area contributed by atoms with Gasteiger partial charge in [-0.25, -0.2) is 0 Å². The largest absolute Gasteiger partial charge is 0.467 e. The van der Waals surface area contributed by atoms with E-state index >= 15 is 0 Å². The Labute approximate surface area is 104 Å². The van der Waals surface area contributed by atoms with Crippen molar-refractivity contribution in [2.75, 3.05) is 6.61 Å². The monoisotopic (exact) mass is 253 g/mol. The van der Waals surface area contributed by atoms with E-state index in [9.17, 15) is 4.79 Å². The summed E-state index contributed by atoms with van der Waals surface area (Å²) < 4.78 is 5.79. The number of amides is 1. The van der Waals surface area contributed by atoms with E-state index in [1.807, 2.05) is 6.92 Å². The van der Waals surface area contributed by atoms with Gasteiger partial charge in [-0.1, -0.05) is 18.5 Å². The number of hydrogen-bond acceptors (Lipinski definition) is 3. The van der Waals surface area contributed by atoms with Gasteiger partial charge >= 0.3 is 0 Å². The number of hydroxylamine groups is 2. The normalized spacial score (nSPS) is 27.2. The van der Waals surface area contributed by atoms with Crippen molar-refractivity contribution in [3.8, 4) is 5.75 Å². The van der Waals surface area contributed by atoms with Gasteiger partial charge in [0, 0.05) is 10.9 Å². The smallest absolute Gasteiger partial charge is 0.284 e. The van der Waals surface area contributed by atoms with Crippen LogP contribution in [0.3, 0.4) is 0 Å². The number of fused-ring (bicyclic) bond motifs is 2. The molecule has 1 aromatic rings. The lowest BCUT2D eigenvalue weighted by atomic mass is 10.0. The van der Waals surface area contributed by atoms with Crippen LogP contribution in [0.1, 0.15) is 23.7 Å². The van der Waals surface area contributed by atoms with Gasteiger partial charge in [0.05, 0.1) is 12.2 Å². The van der Waals surface area contributed by atoms with Crippen LogP contribution in [0.4, 0.5) is 0 Å². The maximum absolute atomic E-state index is 12.2. The molecule has 0 saturated carbocycles. The molecule has 0 spiro atoms. The van der Waals surface area contributed by atoms with Crippen LogP contribution in [0.25, 0.3) is 0 Å². The van der Waals surface area contributed by atoms with Gasteiger partial charge in [0.15, 0.2) is 0 Å². The lowest BCUT2D eigenvalue weighted by molar-refractivity contribution is -0.242. The van der Waals surface area contributed by atoms with Crippen LogP contribution in [-0.4, -0.2) is 23.8 Å². The molecule has 2 aliphatic rings. The maximum Gasteiger partial charge on any atom is 0.284 e. The first-order chi connectivity index (χ1) is 8.16. The van der Waals surface area contributed by atoms with Gasteiger partial charge in [0.2, 0.25) is 6.23 Å². The molecule has 4 nitrogen and oxygen atoms in total. The van der Waals surface area contributed by atoms with Crippen LogP contribution in [0.5, 0.6) is 5.75 Å². The molecule has 5 heteroatoms. The summed E-state index contributed by atoms with van der Waals surface area (Å²) in [7, 11) is 0. The highest BCUT2D eigenvalue weighted by Crippen LogP contribution is 2.35. The highest BCUT2D eigenvalue weighted by Gasteiger charge is 2.40. The first-order valence-corrected chi connectivity index (χ1v) is 5.97. The zero-order valence-corrected chi connectivity index (χ0v) is 10.1. The van der Waals surface area contributed by atoms with Crippen LogP contribution in [0, 0.1) is 5.92 Å². The lowest BCUT2D eigenvalue weighted by Gasteiger charge is -2.41. The van der Waals surface area contributed by atoms with Gasteiger partial charge in [-0.05, 0) is 24.6 Å². The van der Waals surface area contributed by atoms with Gasteiger partial charge in [-0.15, -0.1) is 0 Å². The molecule has 1 saturated heterocycles. The second kappa shape index (κ2) is 3.89. The van der Waals surface area contributed by atoms with Crippen molar-refractivity contribution in [2.45, 2.75) is 19.6 Å². The number of nitrogens with zero attached hydrogens (tertiary/aromatic N) is 1. The second-order valence-electron chi connectivity index (χ2n) is 4.38. The summed E-state index contributed by atoms with van der Waals surface area (Å²) >= 11 is 5.88. The minimum Gasteiger partial charge on any atom is -0.467 e. The number of carbonyl (C=O) groups is 1. The molecule has 2 heterocycles. The third-order valence-electron chi connectivity index (χ3n) is 3.14. The molecule has 0 bridgehead atoms. The fourth-order valence-electron chi connectivity index (χ4n) is 2.14. The van der Waals surface area contributed by atoms with Crippen molar-refractivity contribution in [3.63, 3.8) is 0 Å². The van der Waals surface area contributed by atoms with Crippen LogP contribution < -0.4 is 4.74 Å². The van der Waals surface area contributed by atoms with Crippen molar-refractivity contribution >= 4 is 17.5 Å². The minimum absolute atomic E-state index is 0.176. The van der Waals surface area contributed by atoms with Crippen molar-refractivity contribution in [1.29, 1.82) is 0 Å². The molecule has 1 fully saturated rings. The average molecular weight is 254 g/mol. The van der Waals surface area contributed by atoms with Crippen LogP contribution >= 0.6 is 11.6 Å². The number of ether oxygens (including phenoxy) is 1. The summed E-state index contributed by atoms with van der Waals surface area (Å²) in [5.74, 6) is 0.667. The van der Waals surface area contributed by atoms with E-state index in [1.165, 1.54) is 5.06 Å². The molecule has 2 aliphatic heterocycles. The summed E-state index contributed by atoms with van der Waals surface area (Å²) in [6.07, 6.45) is 0.558. The molecule has 0 N–H and O–H groups in total. The van der Waals surface area contributed by atoms with Crippen LogP contribution in [-0.2, 0) is 4.84 Å². The summed E-state index contributed by atoms with van der Waals surface area (Å²) in [4.78, 5) is 17.6. The van der Waals surface area contributed by atoms with Crippen LogP contribution in [0.2, 0.25) is 5.02 Å². The molecule has 0 radical (unpaired) electrons. The minimum atomic E-state index is -0.329. The maximum atomic E-state index is 12.2. The van der Waals surface area contributed by atoms with E-state index in [0.29, 0.717) is 22.9 Å². The fraction of sp³-hybridized carbons (Fsp3) is 0.417. The molecule has 1 amide bonds. The molecule has 17 heavy (non-hydrogen) atoms. The Hall–Kier alpha value is -1.26. The van der Waals surface area contributed by atoms with Gasteiger partial charge < -0.3 is 4.74 Å². The first kappa shape index (κ1) is 10.9. The van der Waals surface area contributed by atoms with Crippen molar-refractivity contribution in [1.82, 2.24) is 5.06 Å².